The molecule has 1 aliphatic rings. The van der Waals surface area contributed by atoms with Gasteiger partial charge >= 0.3 is 0 Å². The molecular formula is C17H21N3O2S. The summed E-state index contributed by atoms with van der Waals surface area (Å²) in [6.45, 7) is 3.28. The molecule has 23 heavy (non-hydrogen) atoms. The van der Waals surface area contributed by atoms with Crippen molar-refractivity contribution in [3.63, 3.8) is 0 Å². The molecule has 0 N–H and O–H groups in total. The van der Waals surface area contributed by atoms with Gasteiger partial charge in [0, 0.05) is 44.2 Å². The fourth-order valence-electron chi connectivity index (χ4n) is 2.72. The fraction of sp³-hybridized carbons (Fsp3) is 0.412. The molecule has 1 amide bonds. The van der Waals surface area contributed by atoms with Crippen molar-refractivity contribution in [2.45, 2.75) is 12.8 Å². The fourth-order valence-corrected chi connectivity index (χ4v) is 3.42. The number of benzene rings is 1. The average Bonchev–Trinajstić information content (AvgIpc) is 3.15. The molecule has 1 fully saturated rings. The summed E-state index contributed by atoms with van der Waals surface area (Å²) >= 11 is 1.65. The van der Waals surface area contributed by atoms with Crippen LogP contribution < -0.4 is 9.64 Å². The number of amides is 1. The maximum absolute atomic E-state index is 12.4. The quantitative estimate of drug-likeness (QED) is 0.844. The number of piperazine rings is 1. The van der Waals surface area contributed by atoms with Gasteiger partial charge in [-0.25, -0.2) is 4.98 Å². The lowest BCUT2D eigenvalue weighted by Crippen LogP contribution is -2.48. The second kappa shape index (κ2) is 7.46. The van der Waals surface area contributed by atoms with Gasteiger partial charge in [0.1, 0.15) is 5.75 Å². The van der Waals surface area contributed by atoms with Gasteiger partial charge in [-0.1, -0.05) is 12.1 Å². The summed E-state index contributed by atoms with van der Waals surface area (Å²) in [5.41, 5.74) is 1.17. The number of rotatable bonds is 5. The maximum Gasteiger partial charge on any atom is 0.223 e. The van der Waals surface area contributed by atoms with E-state index in [0.717, 1.165) is 43.5 Å². The topological polar surface area (TPSA) is 45.7 Å². The summed E-state index contributed by atoms with van der Waals surface area (Å²) in [6.07, 6.45) is 3.16. The van der Waals surface area contributed by atoms with E-state index in [1.807, 2.05) is 40.7 Å². The van der Waals surface area contributed by atoms with Gasteiger partial charge in [-0.05, 0) is 24.1 Å². The smallest absolute Gasteiger partial charge is 0.223 e. The molecule has 0 aliphatic carbocycles. The number of aryl methyl sites for hydroxylation is 1. The highest BCUT2D eigenvalue weighted by Gasteiger charge is 2.21. The molecular weight excluding hydrogens is 310 g/mol. The molecule has 1 aliphatic heterocycles. The lowest BCUT2D eigenvalue weighted by atomic mass is 10.1. The van der Waals surface area contributed by atoms with Crippen LogP contribution in [0.15, 0.2) is 35.8 Å². The highest BCUT2D eigenvalue weighted by Crippen LogP contribution is 2.19. The first-order valence-electron chi connectivity index (χ1n) is 7.81. The first kappa shape index (κ1) is 15.8. The molecule has 2 heterocycles. The molecule has 0 unspecified atom stereocenters. The van der Waals surface area contributed by atoms with Crippen LogP contribution in [0.3, 0.4) is 0 Å². The third kappa shape index (κ3) is 4.01. The molecule has 0 spiro atoms. The number of hydrogen-bond donors (Lipinski definition) is 0. The van der Waals surface area contributed by atoms with Crippen LogP contribution in [-0.4, -0.2) is 49.1 Å². The number of methoxy groups -OCH3 is 1. The zero-order valence-electron chi connectivity index (χ0n) is 13.3. The van der Waals surface area contributed by atoms with Crippen molar-refractivity contribution in [2.24, 2.45) is 0 Å². The molecule has 3 rings (SSSR count). The number of ether oxygens (including phenoxy) is 1. The summed E-state index contributed by atoms with van der Waals surface area (Å²) < 4.78 is 5.15. The van der Waals surface area contributed by atoms with E-state index in [1.54, 1.807) is 18.4 Å². The van der Waals surface area contributed by atoms with Crippen LogP contribution in [0.25, 0.3) is 0 Å². The van der Waals surface area contributed by atoms with Crippen molar-refractivity contribution in [1.82, 2.24) is 9.88 Å². The van der Waals surface area contributed by atoms with E-state index in [-0.39, 0.29) is 5.91 Å². The van der Waals surface area contributed by atoms with Gasteiger partial charge in [-0.15, -0.1) is 11.3 Å². The van der Waals surface area contributed by atoms with Crippen LogP contribution in [0.4, 0.5) is 5.13 Å². The zero-order chi connectivity index (χ0) is 16.1. The minimum atomic E-state index is 0.236. The van der Waals surface area contributed by atoms with Gasteiger partial charge in [0.05, 0.1) is 7.11 Å². The van der Waals surface area contributed by atoms with Crippen LogP contribution in [0.1, 0.15) is 12.0 Å². The highest BCUT2D eigenvalue weighted by molar-refractivity contribution is 7.13. The minimum Gasteiger partial charge on any atom is -0.497 e. The van der Waals surface area contributed by atoms with E-state index in [4.69, 9.17) is 4.74 Å². The van der Waals surface area contributed by atoms with Crippen LogP contribution >= 0.6 is 11.3 Å². The summed E-state index contributed by atoms with van der Waals surface area (Å²) in [6, 6.07) is 7.91. The summed E-state index contributed by atoms with van der Waals surface area (Å²) in [4.78, 5) is 20.9. The molecule has 2 aromatic rings. The predicted octanol–water partition coefficient (Wildman–Crippen LogP) is 2.43. The second-order valence-electron chi connectivity index (χ2n) is 5.53. The highest BCUT2D eigenvalue weighted by atomic mass is 32.1. The number of nitrogens with zero attached hydrogens (tertiary/aromatic N) is 3. The van der Waals surface area contributed by atoms with Crippen LogP contribution in [-0.2, 0) is 11.2 Å². The van der Waals surface area contributed by atoms with Gasteiger partial charge in [0.15, 0.2) is 5.13 Å². The van der Waals surface area contributed by atoms with Crippen molar-refractivity contribution >= 4 is 22.4 Å². The number of carbonyl (C=O) groups is 1. The van der Waals surface area contributed by atoms with E-state index in [1.165, 1.54) is 5.56 Å². The Hall–Kier alpha value is -2.08. The molecule has 1 saturated heterocycles. The molecule has 0 radical (unpaired) electrons. The normalized spacial score (nSPS) is 14.8. The van der Waals surface area contributed by atoms with Crippen LogP contribution in [0.2, 0.25) is 0 Å². The van der Waals surface area contributed by atoms with Crippen molar-refractivity contribution in [2.75, 3.05) is 38.2 Å². The monoisotopic (exact) mass is 331 g/mol. The zero-order valence-corrected chi connectivity index (χ0v) is 14.1. The Bertz CT molecular complexity index is 620. The van der Waals surface area contributed by atoms with Gasteiger partial charge in [0.25, 0.3) is 0 Å². The second-order valence-corrected chi connectivity index (χ2v) is 6.40. The summed E-state index contributed by atoms with van der Waals surface area (Å²) in [7, 11) is 1.66. The van der Waals surface area contributed by atoms with Gasteiger partial charge in [-0.3, -0.25) is 4.79 Å². The van der Waals surface area contributed by atoms with Crippen LogP contribution in [0.5, 0.6) is 5.75 Å². The molecule has 122 valence electrons. The Morgan fingerprint density at radius 1 is 1.22 bits per heavy atom. The largest absolute Gasteiger partial charge is 0.497 e. The SMILES string of the molecule is COc1ccc(CCC(=O)N2CCN(c3nccs3)CC2)cc1. The first-order valence-corrected chi connectivity index (χ1v) is 8.69. The molecule has 0 atom stereocenters. The van der Waals surface area contributed by atoms with E-state index in [0.29, 0.717) is 6.42 Å². The summed E-state index contributed by atoms with van der Waals surface area (Å²) in [5.74, 6) is 1.08. The number of thiazole rings is 1. The Morgan fingerprint density at radius 2 is 1.96 bits per heavy atom. The van der Waals surface area contributed by atoms with E-state index in [9.17, 15) is 4.79 Å². The maximum atomic E-state index is 12.4. The number of aromatic nitrogens is 1. The van der Waals surface area contributed by atoms with Crippen molar-refractivity contribution in [1.29, 1.82) is 0 Å². The Kier molecular flexibility index (Phi) is 5.12. The first-order chi connectivity index (χ1) is 11.3. The number of carbonyl (C=O) groups excluding carboxylic acids is 1. The molecule has 6 heteroatoms. The molecule has 0 saturated carbocycles. The van der Waals surface area contributed by atoms with Gasteiger partial charge in [0.2, 0.25) is 5.91 Å². The predicted molar refractivity (Wildman–Crippen MR) is 92.2 cm³/mol. The molecule has 1 aromatic heterocycles. The average molecular weight is 331 g/mol. The lowest BCUT2D eigenvalue weighted by molar-refractivity contribution is -0.131. The van der Waals surface area contributed by atoms with Crippen molar-refractivity contribution in [3.05, 3.63) is 41.4 Å². The van der Waals surface area contributed by atoms with E-state index >= 15 is 0 Å². The van der Waals surface area contributed by atoms with Gasteiger partial charge in [-0.2, -0.15) is 0 Å². The van der Waals surface area contributed by atoms with E-state index in [2.05, 4.69) is 9.88 Å². The van der Waals surface area contributed by atoms with Crippen LogP contribution in [0, 0.1) is 0 Å². The minimum absolute atomic E-state index is 0.236. The van der Waals surface area contributed by atoms with Crippen molar-refractivity contribution < 1.29 is 9.53 Å². The number of hydrogen-bond acceptors (Lipinski definition) is 5. The molecule has 0 bridgehead atoms. The van der Waals surface area contributed by atoms with Gasteiger partial charge < -0.3 is 14.5 Å². The Balaban J connectivity index is 1.45. The number of anilines is 1. The van der Waals surface area contributed by atoms with Crippen molar-refractivity contribution in [3.8, 4) is 5.75 Å². The molecule has 1 aromatic carbocycles. The lowest BCUT2D eigenvalue weighted by Gasteiger charge is -2.34. The Labute approximate surface area is 140 Å². The third-order valence-corrected chi connectivity index (χ3v) is 4.94. The van der Waals surface area contributed by atoms with E-state index < -0.39 is 0 Å². The standard InChI is InChI=1S/C17H21N3O2S/c1-22-15-5-2-14(3-6-15)4-7-16(21)19-9-11-20(12-10-19)17-18-8-13-23-17/h2-3,5-6,8,13H,4,7,9-12H2,1H3. The molecule has 5 nitrogen and oxygen atoms in total. The summed E-state index contributed by atoms with van der Waals surface area (Å²) in [5, 5.41) is 3.04. The third-order valence-electron chi connectivity index (χ3n) is 4.11. The Morgan fingerprint density at radius 3 is 2.57 bits per heavy atom.